The molecule has 8 heteroatoms. The second-order valence-corrected chi connectivity index (χ2v) is 8.48. The molecule has 0 heterocycles. The summed E-state index contributed by atoms with van der Waals surface area (Å²) in [6.45, 7) is 3.15. The van der Waals surface area contributed by atoms with Crippen molar-refractivity contribution in [3.8, 4) is 11.5 Å². The summed E-state index contributed by atoms with van der Waals surface area (Å²) in [4.78, 5) is 0. The van der Waals surface area contributed by atoms with Gasteiger partial charge < -0.3 is 14.8 Å². The van der Waals surface area contributed by atoms with Gasteiger partial charge >= 0.3 is 0 Å². The first kappa shape index (κ1) is 23.2. The summed E-state index contributed by atoms with van der Waals surface area (Å²) in [5.41, 5.74) is 2.59. The summed E-state index contributed by atoms with van der Waals surface area (Å²) >= 11 is 30.6. The molecule has 1 N–H and O–H groups in total. The molecular weight excluding hydrogens is 488 g/mol. The van der Waals surface area contributed by atoms with Crippen LogP contribution in [0, 0.1) is 0 Å². The zero-order valence-corrected chi connectivity index (χ0v) is 19.7. The molecule has 0 unspecified atom stereocenters. The van der Waals surface area contributed by atoms with Crippen LogP contribution >= 0.6 is 58.0 Å². The normalized spacial score (nSPS) is 10.7. The lowest BCUT2D eigenvalue weighted by Gasteiger charge is -2.16. The van der Waals surface area contributed by atoms with E-state index < -0.39 is 0 Å². The van der Waals surface area contributed by atoms with Crippen LogP contribution in [0.15, 0.2) is 48.5 Å². The maximum Gasteiger partial charge on any atom is 0.180 e. The van der Waals surface area contributed by atoms with Crippen molar-refractivity contribution in [3.63, 3.8) is 0 Å². The first-order chi connectivity index (χ1) is 14.4. The van der Waals surface area contributed by atoms with E-state index in [0.29, 0.717) is 49.8 Å². The van der Waals surface area contributed by atoms with Crippen molar-refractivity contribution in [2.75, 3.05) is 11.9 Å². The van der Waals surface area contributed by atoms with Crippen LogP contribution in [0.5, 0.6) is 11.5 Å². The van der Waals surface area contributed by atoms with Gasteiger partial charge in [0.25, 0.3) is 0 Å². The van der Waals surface area contributed by atoms with Gasteiger partial charge in [-0.05, 0) is 60.5 Å². The van der Waals surface area contributed by atoms with Crippen LogP contribution < -0.4 is 14.8 Å². The second-order valence-electron chi connectivity index (χ2n) is 6.39. The molecule has 0 saturated carbocycles. The van der Waals surface area contributed by atoms with Gasteiger partial charge in [-0.25, -0.2) is 0 Å². The van der Waals surface area contributed by atoms with Gasteiger partial charge in [0, 0.05) is 22.3 Å². The van der Waals surface area contributed by atoms with E-state index in [1.54, 1.807) is 30.3 Å². The molecule has 0 aromatic heterocycles. The molecule has 0 fully saturated rings. The average Bonchev–Trinajstić information content (AvgIpc) is 2.68. The van der Waals surface area contributed by atoms with Crippen molar-refractivity contribution in [1.29, 1.82) is 0 Å². The molecule has 3 aromatic rings. The molecule has 158 valence electrons. The molecule has 0 amide bonds. The summed E-state index contributed by atoms with van der Waals surface area (Å²) in [6, 6.07) is 14.3. The monoisotopic (exact) mass is 503 g/mol. The van der Waals surface area contributed by atoms with E-state index >= 15 is 0 Å². The van der Waals surface area contributed by atoms with Crippen LogP contribution in [-0.2, 0) is 13.2 Å². The maximum absolute atomic E-state index is 6.50. The number of benzene rings is 3. The van der Waals surface area contributed by atoms with E-state index in [-0.39, 0.29) is 6.61 Å². The van der Waals surface area contributed by atoms with Gasteiger partial charge in [0.1, 0.15) is 6.61 Å². The number of rotatable bonds is 8. The van der Waals surface area contributed by atoms with Gasteiger partial charge in [0.2, 0.25) is 0 Å². The Bertz CT molecular complexity index is 1020. The molecule has 0 spiro atoms. The van der Waals surface area contributed by atoms with E-state index in [1.807, 2.05) is 25.1 Å². The minimum atomic E-state index is 0.273. The lowest BCUT2D eigenvalue weighted by Crippen LogP contribution is -2.04. The zero-order valence-electron chi connectivity index (χ0n) is 15.9. The Morgan fingerprint density at radius 2 is 1.43 bits per heavy atom. The Morgan fingerprint density at radius 1 is 0.733 bits per heavy atom. The standard InChI is InChI=1S/C22H18Cl5NO2/c1-2-29-21-7-14(11-28-17-9-15(23)8-16(24)10-17)6-20(27)22(21)30-12-13-3-4-18(25)19(26)5-13/h3-10,28H,2,11-12H2,1H3. The quantitative estimate of drug-likeness (QED) is 0.333. The molecule has 0 aliphatic rings. The highest BCUT2D eigenvalue weighted by molar-refractivity contribution is 6.42. The predicted octanol–water partition coefficient (Wildman–Crippen LogP) is 8.54. The highest BCUT2D eigenvalue weighted by Gasteiger charge is 2.14. The van der Waals surface area contributed by atoms with Crippen molar-refractivity contribution in [1.82, 2.24) is 0 Å². The smallest absolute Gasteiger partial charge is 0.180 e. The van der Waals surface area contributed by atoms with E-state index in [1.165, 1.54) is 0 Å². The summed E-state index contributed by atoms with van der Waals surface area (Å²) in [5, 5.41) is 5.80. The molecule has 0 atom stereocenters. The van der Waals surface area contributed by atoms with Crippen LogP contribution in [0.1, 0.15) is 18.1 Å². The Balaban J connectivity index is 1.76. The minimum absolute atomic E-state index is 0.273. The Kier molecular flexibility index (Phi) is 8.27. The summed E-state index contributed by atoms with van der Waals surface area (Å²) in [7, 11) is 0. The molecule has 0 aliphatic heterocycles. The summed E-state index contributed by atoms with van der Waals surface area (Å²) < 4.78 is 11.7. The zero-order chi connectivity index (χ0) is 21.7. The molecule has 0 radical (unpaired) electrons. The number of nitrogens with one attached hydrogen (secondary N) is 1. The van der Waals surface area contributed by atoms with Gasteiger partial charge in [0.05, 0.1) is 21.7 Å². The molecule has 0 aliphatic carbocycles. The topological polar surface area (TPSA) is 30.5 Å². The SMILES string of the molecule is CCOc1cc(CNc2cc(Cl)cc(Cl)c2)cc(Cl)c1OCc1ccc(Cl)c(Cl)c1. The number of hydrogen-bond donors (Lipinski definition) is 1. The highest BCUT2D eigenvalue weighted by atomic mass is 35.5. The van der Waals surface area contributed by atoms with Gasteiger partial charge in [0.15, 0.2) is 11.5 Å². The third-order valence-electron chi connectivity index (χ3n) is 4.10. The first-order valence-electron chi connectivity index (χ1n) is 9.07. The van der Waals surface area contributed by atoms with Gasteiger partial charge in [-0.3, -0.25) is 0 Å². The first-order valence-corrected chi connectivity index (χ1v) is 11.0. The van der Waals surface area contributed by atoms with E-state index in [2.05, 4.69) is 5.32 Å². The highest BCUT2D eigenvalue weighted by Crippen LogP contribution is 2.38. The van der Waals surface area contributed by atoms with Gasteiger partial charge in [-0.15, -0.1) is 0 Å². The van der Waals surface area contributed by atoms with Crippen molar-refractivity contribution in [2.45, 2.75) is 20.1 Å². The number of halogens is 5. The lowest BCUT2D eigenvalue weighted by molar-refractivity contribution is 0.269. The molecule has 30 heavy (non-hydrogen) atoms. The van der Waals surface area contributed by atoms with Crippen molar-refractivity contribution >= 4 is 63.7 Å². The molecule has 3 nitrogen and oxygen atoms in total. The fourth-order valence-electron chi connectivity index (χ4n) is 2.77. The fraction of sp³-hybridized carbons (Fsp3) is 0.182. The van der Waals surface area contributed by atoms with E-state index in [4.69, 9.17) is 67.5 Å². The van der Waals surface area contributed by atoms with Crippen molar-refractivity contribution in [3.05, 3.63) is 84.8 Å². The Hall–Kier alpha value is -1.49. The fourth-order valence-corrected chi connectivity index (χ4v) is 3.91. The van der Waals surface area contributed by atoms with E-state index in [9.17, 15) is 0 Å². The predicted molar refractivity (Wildman–Crippen MR) is 127 cm³/mol. The van der Waals surface area contributed by atoms with E-state index in [0.717, 1.165) is 16.8 Å². The Morgan fingerprint density at radius 3 is 2.10 bits per heavy atom. The lowest BCUT2D eigenvalue weighted by atomic mass is 10.2. The summed E-state index contributed by atoms with van der Waals surface area (Å²) in [5.74, 6) is 1.03. The summed E-state index contributed by atoms with van der Waals surface area (Å²) in [6.07, 6.45) is 0. The van der Waals surface area contributed by atoms with Crippen LogP contribution in [-0.4, -0.2) is 6.61 Å². The van der Waals surface area contributed by atoms with Crippen LogP contribution in [0.2, 0.25) is 25.1 Å². The number of anilines is 1. The van der Waals surface area contributed by atoms with Gasteiger partial charge in [-0.2, -0.15) is 0 Å². The van der Waals surface area contributed by atoms with Crippen LogP contribution in [0.3, 0.4) is 0 Å². The molecule has 0 bridgehead atoms. The molecule has 3 rings (SSSR count). The largest absolute Gasteiger partial charge is 0.490 e. The van der Waals surface area contributed by atoms with Crippen LogP contribution in [0.25, 0.3) is 0 Å². The number of ether oxygens (including phenoxy) is 2. The maximum atomic E-state index is 6.50. The second kappa shape index (κ2) is 10.7. The number of hydrogen-bond acceptors (Lipinski definition) is 3. The third kappa shape index (κ3) is 6.26. The van der Waals surface area contributed by atoms with Crippen molar-refractivity contribution < 1.29 is 9.47 Å². The minimum Gasteiger partial charge on any atom is -0.490 e. The molecular formula is C22H18Cl5NO2. The molecule has 3 aromatic carbocycles. The Labute approximate surface area is 200 Å². The van der Waals surface area contributed by atoms with Crippen LogP contribution in [0.4, 0.5) is 5.69 Å². The average molecular weight is 506 g/mol. The third-order valence-corrected chi connectivity index (χ3v) is 5.55. The molecule has 0 saturated heterocycles. The van der Waals surface area contributed by atoms with Gasteiger partial charge in [-0.1, -0.05) is 64.1 Å². The van der Waals surface area contributed by atoms with Crippen molar-refractivity contribution in [2.24, 2.45) is 0 Å².